The van der Waals surface area contributed by atoms with Crippen LogP contribution in [0.2, 0.25) is 5.02 Å². The van der Waals surface area contributed by atoms with E-state index in [0.717, 1.165) is 22.0 Å². The SMILES string of the molecule is Nc1ccc(-c2cccc3cccnc23)cc1Cl. The third kappa shape index (κ3) is 1.81. The number of nitrogens with two attached hydrogens (primary N) is 1. The molecule has 0 bridgehead atoms. The second-order valence-corrected chi connectivity index (χ2v) is 4.52. The lowest BCUT2D eigenvalue weighted by atomic mass is 10.0. The van der Waals surface area contributed by atoms with Gasteiger partial charge in [0.05, 0.1) is 16.2 Å². The van der Waals surface area contributed by atoms with Gasteiger partial charge in [0.25, 0.3) is 0 Å². The van der Waals surface area contributed by atoms with Crippen LogP contribution in [0, 0.1) is 0 Å². The van der Waals surface area contributed by atoms with Crippen LogP contribution in [0.5, 0.6) is 0 Å². The molecule has 18 heavy (non-hydrogen) atoms. The van der Waals surface area contributed by atoms with Gasteiger partial charge in [0.2, 0.25) is 0 Å². The van der Waals surface area contributed by atoms with Gasteiger partial charge in [0.15, 0.2) is 0 Å². The summed E-state index contributed by atoms with van der Waals surface area (Å²) in [6, 6.07) is 15.7. The predicted octanol–water partition coefficient (Wildman–Crippen LogP) is 4.14. The van der Waals surface area contributed by atoms with Crippen molar-refractivity contribution in [2.45, 2.75) is 0 Å². The normalized spacial score (nSPS) is 10.7. The number of halogens is 1. The third-order valence-corrected chi connectivity index (χ3v) is 3.27. The van der Waals surface area contributed by atoms with Gasteiger partial charge in [-0.1, -0.05) is 41.9 Å². The molecule has 0 aliphatic heterocycles. The quantitative estimate of drug-likeness (QED) is 0.663. The first-order chi connectivity index (χ1) is 8.75. The van der Waals surface area contributed by atoms with Gasteiger partial charge in [-0.3, -0.25) is 4.98 Å². The molecule has 0 aliphatic rings. The zero-order chi connectivity index (χ0) is 12.5. The first-order valence-corrected chi connectivity index (χ1v) is 6.02. The highest BCUT2D eigenvalue weighted by Gasteiger charge is 2.06. The molecule has 0 amide bonds. The van der Waals surface area contributed by atoms with Crippen LogP contribution in [0.4, 0.5) is 5.69 Å². The Balaban J connectivity index is 2.28. The molecule has 3 rings (SSSR count). The van der Waals surface area contributed by atoms with Gasteiger partial charge < -0.3 is 5.73 Å². The number of aromatic nitrogens is 1. The predicted molar refractivity (Wildman–Crippen MR) is 76.6 cm³/mol. The van der Waals surface area contributed by atoms with Crippen LogP contribution in [0.3, 0.4) is 0 Å². The molecule has 0 spiro atoms. The van der Waals surface area contributed by atoms with E-state index in [4.69, 9.17) is 17.3 Å². The van der Waals surface area contributed by atoms with Gasteiger partial charge >= 0.3 is 0 Å². The molecule has 0 saturated heterocycles. The van der Waals surface area contributed by atoms with E-state index in [1.807, 2.05) is 48.5 Å². The van der Waals surface area contributed by atoms with Crippen LogP contribution in [0.15, 0.2) is 54.7 Å². The van der Waals surface area contributed by atoms with Crippen LogP contribution in [-0.4, -0.2) is 4.98 Å². The van der Waals surface area contributed by atoms with Gasteiger partial charge in [0.1, 0.15) is 0 Å². The average molecular weight is 255 g/mol. The van der Waals surface area contributed by atoms with Crippen LogP contribution in [0.1, 0.15) is 0 Å². The smallest absolute Gasteiger partial charge is 0.0780 e. The van der Waals surface area contributed by atoms with Crippen LogP contribution in [-0.2, 0) is 0 Å². The van der Waals surface area contributed by atoms with Crippen LogP contribution in [0.25, 0.3) is 22.0 Å². The van der Waals surface area contributed by atoms with Gasteiger partial charge in [-0.05, 0) is 23.8 Å². The average Bonchev–Trinajstić information content (AvgIpc) is 2.41. The van der Waals surface area contributed by atoms with Crippen molar-refractivity contribution in [2.75, 3.05) is 5.73 Å². The Labute approximate surface area is 110 Å². The number of para-hydroxylation sites is 1. The van der Waals surface area contributed by atoms with E-state index < -0.39 is 0 Å². The maximum Gasteiger partial charge on any atom is 0.0780 e. The number of anilines is 1. The second kappa shape index (κ2) is 4.31. The molecule has 0 unspecified atom stereocenters. The molecule has 1 aromatic heterocycles. The number of fused-ring (bicyclic) bond motifs is 1. The number of rotatable bonds is 1. The summed E-state index contributed by atoms with van der Waals surface area (Å²) in [6.07, 6.45) is 1.80. The highest BCUT2D eigenvalue weighted by Crippen LogP contribution is 2.30. The molecule has 2 N–H and O–H groups in total. The minimum absolute atomic E-state index is 0.570. The van der Waals surface area contributed by atoms with E-state index in [-0.39, 0.29) is 0 Å². The summed E-state index contributed by atoms with van der Waals surface area (Å²) in [5, 5.41) is 1.68. The van der Waals surface area contributed by atoms with Crippen LogP contribution < -0.4 is 5.73 Å². The molecular weight excluding hydrogens is 244 g/mol. The summed E-state index contributed by atoms with van der Waals surface area (Å²) < 4.78 is 0. The molecule has 0 atom stereocenters. The van der Waals surface area contributed by atoms with Crippen molar-refractivity contribution in [3.63, 3.8) is 0 Å². The summed E-state index contributed by atoms with van der Waals surface area (Å²) in [7, 11) is 0. The highest BCUT2D eigenvalue weighted by atomic mass is 35.5. The third-order valence-electron chi connectivity index (χ3n) is 2.94. The largest absolute Gasteiger partial charge is 0.398 e. The monoisotopic (exact) mass is 254 g/mol. The molecule has 88 valence electrons. The first kappa shape index (κ1) is 11.1. The molecule has 2 nitrogen and oxygen atoms in total. The molecule has 1 heterocycles. The Hall–Kier alpha value is -2.06. The van der Waals surface area contributed by atoms with Crippen molar-refractivity contribution >= 4 is 28.2 Å². The fourth-order valence-corrected chi connectivity index (χ4v) is 2.21. The molecule has 0 saturated carbocycles. The van der Waals surface area contributed by atoms with Crippen molar-refractivity contribution in [1.82, 2.24) is 4.98 Å². The van der Waals surface area contributed by atoms with E-state index >= 15 is 0 Å². The lowest BCUT2D eigenvalue weighted by Crippen LogP contribution is -1.88. The molecular formula is C15H11ClN2. The summed E-state index contributed by atoms with van der Waals surface area (Å²) in [4.78, 5) is 4.44. The van der Waals surface area contributed by atoms with Crippen LogP contribution >= 0.6 is 11.6 Å². The maximum atomic E-state index is 6.07. The molecule has 0 aliphatic carbocycles. The van der Waals surface area contributed by atoms with E-state index in [0.29, 0.717) is 10.7 Å². The number of benzene rings is 2. The fourth-order valence-electron chi connectivity index (χ4n) is 2.03. The van der Waals surface area contributed by atoms with Gasteiger partial charge in [0, 0.05) is 17.1 Å². The van der Waals surface area contributed by atoms with Crippen molar-refractivity contribution in [3.05, 3.63) is 59.8 Å². The summed E-state index contributed by atoms with van der Waals surface area (Å²) >= 11 is 6.07. The fraction of sp³-hybridized carbons (Fsp3) is 0. The van der Waals surface area contributed by atoms with Gasteiger partial charge in [-0.25, -0.2) is 0 Å². The Kier molecular flexibility index (Phi) is 2.65. The lowest BCUT2D eigenvalue weighted by molar-refractivity contribution is 1.41. The minimum Gasteiger partial charge on any atom is -0.398 e. The molecule has 3 heteroatoms. The number of nitrogens with zero attached hydrogens (tertiary/aromatic N) is 1. The number of hydrogen-bond acceptors (Lipinski definition) is 2. The number of nitrogen functional groups attached to an aromatic ring is 1. The van der Waals surface area contributed by atoms with Gasteiger partial charge in [-0.2, -0.15) is 0 Å². The zero-order valence-electron chi connectivity index (χ0n) is 9.60. The van der Waals surface area contributed by atoms with Gasteiger partial charge in [-0.15, -0.1) is 0 Å². The molecule has 0 radical (unpaired) electrons. The first-order valence-electron chi connectivity index (χ1n) is 5.65. The van der Waals surface area contributed by atoms with E-state index in [9.17, 15) is 0 Å². The summed E-state index contributed by atoms with van der Waals surface area (Å²) in [6.45, 7) is 0. The van der Waals surface area contributed by atoms with Crippen molar-refractivity contribution in [1.29, 1.82) is 0 Å². The maximum absolute atomic E-state index is 6.07. The number of hydrogen-bond donors (Lipinski definition) is 1. The van der Waals surface area contributed by atoms with Crippen molar-refractivity contribution in [2.24, 2.45) is 0 Å². The minimum atomic E-state index is 0.570. The second-order valence-electron chi connectivity index (χ2n) is 4.12. The van der Waals surface area contributed by atoms with E-state index in [1.54, 1.807) is 6.20 Å². The standard InChI is InChI=1S/C15H11ClN2/c16-13-9-11(6-7-14(13)17)12-5-1-3-10-4-2-8-18-15(10)12/h1-9H,17H2. The highest BCUT2D eigenvalue weighted by molar-refractivity contribution is 6.33. The lowest BCUT2D eigenvalue weighted by Gasteiger charge is -2.07. The topological polar surface area (TPSA) is 38.9 Å². The van der Waals surface area contributed by atoms with E-state index in [2.05, 4.69) is 4.98 Å². The summed E-state index contributed by atoms with van der Waals surface area (Å²) in [5.74, 6) is 0. The number of pyridine rings is 1. The molecule has 2 aromatic carbocycles. The molecule has 0 fully saturated rings. The zero-order valence-corrected chi connectivity index (χ0v) is 10.4. The van der Waals surface area contributed by atoms with E-state index in [1.165, 1.54) is 0 Å². The Morgan fingerprint density at radius 2 is 1.83 bits per heavy atom. The summed E-state index contributed by atoms with van der Waals surface area (Å²) in [5.41, 5.74) is 9.39. The Morgan fingerprint density at radius 3 is 2.67 bits per heavy atom. The molecule has 3 aromatic rings. The van der Waals surface area contributed by atoms with Crippen molar-refractivity contribution < 1.29 is 0 Å². The van der Waals surface area contributed by atoms with Crippen molar-refractivity contribution in [3.8, 4) is 11.1 Å². The Morgan fingerprint density at radius 1 is 1.00 bits per heavy atom. The Bertz CT molecular complexity index is 717.